The van der Waals surface area contributed by atoms with Crippen molar-refractivity contribution >= 4 is 11.7 Å². The van der Waals surface area contributed by atoms with Crippen LogP contribution in [-0.4, -0.2) is 35.4 Å². The van der Waals surface area contributed by atoms with Crippen molar-refractivity contribution in [2.75, 3.05) is 6.54 Å². The second-order valence-electron chi connectivity index (χ2n) is 4.43. The average molecular weight is 251 g/mol. The van der Waals surface area contributed by atoms with E-state index >= 15 is 0 Å². The minimum absolute atomic E-state index is 0.0956. The van der Waals surface area contributed by atoms with E-state index in [9.17, 15) is 22.8 Å². The molecule has 1 aliphatic heterocycles. The number of alkyl halides is 3. The molecule has 17 heavy (non-hydrogen) atoms. The molecule has 1 atom stereocenters. The molecule has 1 aliphatic rings. The standard InChI is InChI=1S/C11H16F3NO2/c1-8(16)6-9-4-2-3-5-15(9)10(17)7-11(12,13)14/h9H,2-7H2,1H3. The van der Waals surface area contributed by atoms with Crippen LogP contribution in [0.3, 0.4) is 0 Å². The molecule has 3 nitrogen and oxygen atoms in total. The molecule has 98 valence electrons. The maximum absolute atomic E-state index is 12.1. The summed E-state index contributed by atoms with van der Waals surface area (Å²) in [4.78, 5) is 23.7. The molecule has 1 rings (SSSR count). The minimum Gasteiger partial charge on any atom is -0.339 e. The molecule has 0 aromatic heterocycles. The first kappa shape index (κ1) is 14.0. The van der Waals surface area contributed by atoms with Crippen LogP contribution in [0, 0.1) is 0 Å². The number of halogens is 3. The first-order chi connectivity index (χ1) is 7.79. The Labute approximate surface area is 98.0 Å². The van der Waals surface area contributed by atoms with Gasteiger partial charge in [-0.25, -0.2) is 0 Å². The third kappa shape index (κ3) is 4.75. The molecule has 1 unspecified atom stereocenters. The fourth-order valence-corrected chi connectivity index (χ4v) is 2.15. The van der Waals surface area contributed by atoms with Gasteiger partial charge in [-0.05, 0) is 26.2 Å². The van der Waals surface area contributed by atoms with Gasteiger partial charge in [0.25, 0.3) is 0 Å². The maximum Gasteiger partial charge on any atom is 0.397 e. The number of Topliss-reactive ketones (excluding diaryl/α,β-unsaturated/α-hetero) is 1. The number of nitrogens with zero attached hydrogens (tertiary/aromatic N) is 1. The molecule has 1 heterocycles. The summed E-state index contributed by atoms with van der Waals surface area (Å²) in [5.41, 5.74) is 0. The van der Waals surface area contributed by atoms with Crippen molar-refractivity contribution in [3.63, 3.8) is 0 Å². The van der Waals surface area contributed by atoms with Crippen molar-refractivity contribution in [2.45, 2.75) is 51.2 Å². The van der Waals surface area contributed by atoms with Crippen LogP contribution < -0.4 is 0 Å². The molecule has 1 amide bonds. The lowest BCUT2D eigenvalue weighted by atomic mass is 9.97. The Bertz CT molecular complexity index is 302. The van der Waals surface area contributed by atoms with Crippen molar-refractivity contribution < 1.29 is 22.8 Å². The van der Waals surface area contributed by atoms with E-state index in [1.54, 1.807) is 0 Å². The number of carbonyl (C=O) groups is 2. The summed E-state index contributed by atoms with van der Waals surface area (Å²) in [5, 5.41) is 0. The average Bonchev–Trinajstić information content (AvgIpc) is 2.14. The van der Waals surface area contributed by atoms with Gasteiger partial charge in [-0.15, -0.1) is 0 Å². The van der Waals surface area contributed by atoms with Crippen molar-refractivity contribution in [3.8, 4) is 0 Å². The van der Waals surface area contributed by atoms with Gasteiger partial charge in [0.05, 0.1) is 0 Å². The summed E-state index contributed by atoms with van der Waals surface area (Å²) >= 11 is 0. The second-order valence-corrected chi connectivity index (χ2v) is 4.43. The number of carbonyl (C=O) groups excluding carboxylic acids is 2. The van der Waals surface area contributed by atoms with Crippen LogP contribution in [-0.2, 0) is 9.59 Å². The Hall–Kier alpha value is -1.07. The van der Waals surface area contributed by atoms with Crippen molar-refractivity contribution in [1.82, 2.24) is 4.90 Å². The molecule has 6 heteroatoms. The lowest BCUT2D eigenvalue weighted by Gasteiger charge is -2.35. The largest absolute Gasteiger partial charge is 0.397 e. The molecule has 0 N–H and O–H groups in total. The van der Waals surface area contributed by atoms with E-state index in [2.05, 4.69) is 0 Å². The zero-order valence-electron chi connectivity index (χ0n) is 9.72. The summed E-state index contributed by atoms with van der Waals surface area (Å²) in [6, 6.07) is -0.351. The topological polar surface area (TPSA) is 37.4 Å². The number of ketones is 1. The van der Waals surface area contributed by atoms with Crippen LogP contribution in [0.15, 0.2) is 0 Å². The highest BCUT2D eigenvalue weighted by molar-refractivity contribution is 5.80. The molecule has 1 saturated heterocycles. The predicted octanol–water partition coefficient (Wildman–Crippen LogP) is 2.30. The zero-order valence-corrected chi connectivity index (χ0v) is 9.72. The highest BCUT2D eigenvalue weighted by Crippen LogP contribution is 2.25. The number of rotatable bonds is 3. The van der Waals surface area contributed by atoms with E-state index < -0.39 is 18.5 Å². The van der Waals surface area contributed by atoms with Gasteiger partial charge in [0.1, 0.15) is 12.2 Å². The fraction of sp³-hybridized carbons (Fsp3) is 0.818. The van der Waals surface area contributed by atoms with Gasteiger partial charge in [-0.2, -0.15) is 13.2 Å². The summed E-state index contributed by atoms with van der Waals surface area (Å²) < 4.78 is 36.4. The van der Waals surface area contributed by atoms with E-state index in [-0.39, 0.29) is 18.2 Å². The lowest BCUT2D eigenvalue weighted by Crippen LogP contribution is -2.45. The monoisotopic (exact) mass is 251 g/mol. The lowest BCUT2D eigenvalue weighted by molar-refractivity contribution is -0.164. The van der Waals surface area contributed by atoms with Gasteiger partial charge >= 0.3 is 6.18 Å². The Balaban J connectivity index is 2.64. The first-order valence-corrected chi connectivity index (χ1v) is 5.65. The molecule has 0 spiro atoms. The fourth-order valence-electron chi connectivity index (χ4n) is 2.15. The highest BCUT2D eigenvalue weighted by Gasteiger charge is 2.36. The van der Waals surface area contributed by atoms with Crippen LogP contribution in [0.1, 0.15) is 39.0 Å². The Morgan fingerprint density at radius 2 is 1.94 bits per heavy atom. The van der Waals surface area contributed by atoms with Gasteiger partial charge in [0.2, 0.25) is 5.91 Å². The van der Waals surface area contributed by atoms with Crippen LogP contribution in [0.4, 0.5) is 13.2 Å². The first-order valence-electron chi connectivity index (χ1n) is 5.65. The predicted molar refractivity (Wildman–Crippen MR) is 55.3 cm³/mol. The molecule has 0 radical (unpaired) electrons. The van der Waals surface area contributed by atoms with Crippen LogP contribution in [0.5, 0.6) is 0 Å². The van der Waals surface area contributed by atoms with E-state index in [0.29, 0.717) is 19.4 Å². The Morgan fingerprint density at radius 3 is 2.47 bits per heavy atom. The number of likely N-dealkylation sites (tertiary alicyclic amines) is 1. The normalized spacial score (nSPS) is 21.4. The Kier molecular flexibility index (Phi) is 4.54. The molecule has 0 bridgehead atoms. The smallest absolute Gasteiger partial charge is 0.339 e. The molecule has 1 fully saturated rings. The third-order valence-corrected chi connectivity index (χ3v) is 2.82. The number of hydrogen-bond acceptors (Lipinski definition) is 2. The zero-order chi connectivity index (χ0) is 13.1. The van der Waals surface area contributed by atoms with E-state index in [0.717, 1.165) is 6.42 Å². The molecular weight excluding hydrogens is 235 g/mol. The molecular formula is C11H16F3NO2. The summed E-state index contributed by atoms with van der Waals surface area (Å²) in [7, 11) is 0. The van der Waals surface area contributed by atoms with E-state index in [4.69, 9.17) is 0 Å². The van der Waals surface area contributed by atoms with Crippen LogP contribution in [0.25, 0.3) is 0 Å². The summed E-state index contributed by atoms with van der Waals surface area (Å²) in [6.45, 7) is 1.72. The minimum atomic E-state index is -4.48. The van der Waals surface area contributed by atoms with Crippen LogP contribution >= 0.6 is 0 Å². The number of piperidine rings is 1. The molecule has 0 aliphatic carbocycles. The van der Waals surface area contributed by atoms with E-state index in [1.807, 2.05) is 0 Å². The summed E-state index contributed by atoms with van der Waals surface area (Å²) in [6.07, 6.45) is -3.57. The van der Waals surface area contributed by atoms with Crippen molar-refractivity contribution in [3.05, 3.63) is 0 Å². The Morgan fingerprint density at radius 1 is 1.29 bits per heavy atom. The van der Waals surface area contributed by atoms with Gasteiger partial charge in [0.15, 0.2) is 0 Å². The quantitative estimate of drug-likeness (QED) is 0.771. The molecule has 0 aromatic carbocycles. The van der Waals surface area contributed by atoms with E-state index in [1.165, 1.54) is 11.8 Å². The van der Waals surface area contributed by atoms with Crippen molar-refractivity contribution in [1.29, 1.82) is 0 Å². The highest BCUT2D eigenvalue weighted by atomic mass is 19.4. The second kappa shape index (κ2) is 5.51. The third-order valence-electron chi connectivity index (χ3n) is 2.82. The maximum atomic E-state index is 12.1. The van der Waals surface area contributed by atoms with Crippen LogP contribution in [0.2, 0.25) is 0 Å². The SMILES string of the molecule is CC(=O)CC1CCCCN1C(=O)CC(F)(F)F. The van der Waals surface area contributed by atoms with Gasteiger partial charge in [0, 0.05) is 19.0 Å². The number of amides is 1. The van der Waals surface area contributed by atoms with Gasteiger partial charge in [-0.3, -0.25) is 9.59 Å². The summed E-state index contributed by atoms with van der Waals surface area (Å²) in [5.74, 6) is -1.01. The van der Waals surface area contributed by atoms with Crippen molar-refractivity contribution in [2.24, 2.45) is 0 Å². The molecule has 0 saturated carbocycles. The molecule has 0 aromatic rings. The van der Waals surface area contributed by atoms with Gasteiger partial charge < -0.3 is 4.90 Å². The number of hydrogen-bond donors (Lipinski definition) is 0. The van der Waals surface area contributed by atoms with Gasteiger partial charge in [-0.1, -0.05) is 0 Å².